The summed E-state index contributed by atoms with van der Waals surface area (Å²) in [5.74, 6) is 0. The van der Waals surface area contributed by atoms with Gasteiger partial charge in [0.15, 0.2) is 0 Å². The van der Waals surface area contributed by atoms with Crippen molar-refractivity contribution in [1.82, 2.24) is 0 Å². The molecule has 13 heavy (non-hydrogen) atoms. The molecule has 0 saturated carbocycles. The maximum absolute atomic E-state index is 8.74. The van der Waals surface area contributed by atoms with Crippen LogP contribution in [0, 0.1) is 11.3 Å². The van der Waals surface area contributed by atoms with E-state index in [1.54, 1.807) is 12.1 Å². The van der Waals surface area contributed by atoms with Gasteiger partial charge < -0.3 is 11.5 Å². The predicted molar refractivity (Wildman–Crippen MR) is 52.8 cm³/mol. The first-order chi connectivity index (χ1) is 5.95. The lowest BCUT2D eigenvalue weighted by atomic mass is 9.94. The third-order valence-corrected chi connectivity index (χ3v) is 1.92. The van der Waals surface area contributed by atoms with Crippen molar-refractivity contribution in [2.75, 3.05) is 5.73 Å². The summed E-state index contributed by atoms with van der Waals surface area (Å²) >= 11 is 0. The van der Waals surface area contributed by atoms with Crippen LogP contribution in [0.15, 0.2) is 18.2 Å². The topological polar surface area (TPSA) is 75.8 Å². The van der Waals surface area contributed by atoms with E-state index in [-0.39, 0.29) is 0 Å². The van der Waals surface area contributed by atoms with E-state index in [1.807, 2.05) is 26.0 Å². The smallest absolute Gasteiger partial charge is 0.101 e. The highest BCUT2D eigenvalue weighted by molar-refractivity contribution is 5.55. The number of nitrogen functional groups attached to an aromatic ring is 1. The molecule has 0 radical (unpaired) electrons. The Morgan fingerprint density at radius 2 is 2.00 bits per heavy atom. The van der Waals surface area contributed by atoms with E-state index in [0.29, 0.717) is 11.3 Å². The van der Waals surface area contributed by atoms with Crippen LogP contribution in [0.2, 0.25) is 0 Å². The molecule has 1 aromatic rings. The zero-order valence-corrected chi connectivity index (χ0v) is 7.83. The van der Waals surface area contributed by atoms with Gasteiger partial charge in [0, 0.05) is 11.2 Å². The second kappa shape index (κ2) is 3.08. The van der Waals surface area contributed by atoms with Gasteiger partial charge in [0.2, 0.25) is 0 Å². The summed E-state index contributed by atoms with van der Waals surface area (Å²) in [4.78, 5) is 0. The van der Waals surface area contributed by atoms with Crippen molar-refractivity contribution in [3.05, 3.63) is 29.3 Å². The van der Waals surface area contributed by atoms with Crippen LogP contribution < -0.4 is 11.5 Å². The average Bonchev–Trinajstić information content (AvgIpc) is 2.03. The number of benzene rings is 1. The van der Waals surface area contributed by atoms with Crippen LogP contribution in [0.3, 0.4) is 0 Å². The molecule has 3 heteroatoms. The third kappa shape index (κ3) is 1.98. The van der Waals surface area contributed by atoms with Crippen LogP contribution in [0.1, 0.15) is 25.0 Å². The molecule has 0 aliphatic carbocycles. The lowest BCUT2D eigenvalue weighted by Crippen LogP contribution is -2.28. The standard InChI is InChI=1S/C10H13N3/c1-10(2,13)8-3-4-9(12)7(5-8)6-11/h3-5H,12-13H2,1-2H3. The van der Waals surface area contributed by atoms with E-state index in [4.69, 9.17) is 16.7 Å². The summed E-state index contributed by atoms with van der Waals surface area (Å²) in [7, 11) is 0. The van der Waals surface area contributed by atoms with Crippen molar-refractivity contribution >= 4 is 5.69 Å². The first kappa shape index (κ1) is 9.56. The zero-order valence-electron chi connectivity index (χ0n) is 7.83. The van der Waals surface area contributed by atoms with Crippen LogP contribution in [0.4, 0.5) is 5.69 Å². The Hall–Kier alpha value is -1.53. The van der Waals surface area contributed by atoms with Crippen molar-refractivity contribution in [3.63, 3.8) is 0 Å². The van der Waals surface area contributed by atoms with Crippen molar-refractivity contribution in [2.24, 2.45) is 5.73 Å². The molecule has 0 fully saturated rings. The fourth-order valence-electron chi connectivity index (χ4n) is 1.05. The van der Waals surface area contributed by atoms with E-state index in [2.05, 4.69) is 0 Å². The quantitative estimate of drug-likeness (QED) is 0.632. The van der Waals surface area contributed by atoms with Crippen LogP contribution in [-0.4, -0.2) is 0 Å². The molecule has 3 nitrogen and oxygen atoms in total. The average molecular weight is 175 g/mol. The van der Waals surface area contributed by atoms with E-state index in [9.17, 15) is 0 Å². The number of hydrogen-bond acceptors (Lipinski definition) is 3. The van der Waals surface area contributed by atoms with Gasteiger partial charge in [0.05, 0.1) is 5.56 Å². The Morgan fingerprint density at radius 1 is 1.38 bits per heavy atom. The Labute approximate surface area is 78.0 Å². The molecule has 0 aliphatic rings. The van der Waals surface area contributed by atoms with E-state index < -0.39 is 5.54 Å². The van der Waals surface area contributed by atoms with Gasteiger partial charge in [-0.1, -0.05) is 6.07 Å². The molecule has 0 atom stereocenters. The summed E-state index contributed by atoms with van der Waals surface area (Å²) in [5, 5.41) is 8.74. The molecule has 1 rings (SSSR count). The number of nitrogens with zero attached hydrogens (tertiary/aromatic N) is 1. The maximum Gasteiger partial charge on any atom is 0.101 e. The Morgan fingerprint density at radius 3 is 2.46 bits per heavy atom. The number of rotatable bonds is 1. The van der Waals surface area contributed by atoms with Crippen LogP contribution in [0.25, 0.3) is 0 Å². The van der Waals surface area contributed by atoms with Gasteiger partial charge in [0.1, 0.15) is 6.07 Å². The molecule has 0 amide bonds. The third-order valence-electron chi connectivity index (χ3n) is 1.92. The maximum atomic E-state index is 8.74. The minimum absolute atomic E-state index is 0.431. The molecule has 0 saturated heterocycles. The summed E-state index contributed by atoms with van der Waals surface area (Å²) in [5.41, 5.74) is 12.9. The van der Waals surface area contributed by atoms with Gasteiger partial charge in [-0.05, 0) is 31.5 Å². The normalized spacial score (nSPS) is 10.9. The Kier molecular flexibility index (Phi) is 2.26. The van der Waals surface area contributed by atoms with Crippen LogP contribution in [0.5, 0.6) is 0 Å². The molecule has 0 unspecified atom stereocenters. The fraction of sp³-hybridized carbons (Fsp3) is 0.300. The summed E-state index contributed by atoms with van der Waals surface area (Å²) in [6.07, 6.45) is 0. The van der Waals surface area contributed by atoms with Crippen molar-refractivity contribution in [3.8, 4) is 6.07 Å². The predicted octanol–water partition coefficient (Wildman–Crippen LogP) is 1.33. The van der Waals surface area contributed by atoms with Gasteiger partial charge >= 0.3 is 0 Å². The summed E-state index contributed by atoms with van der Waals surface area (Å²) in [6.45, 7) is 3.78. The second-order valence-corrected chi connectivity index (χ2v) is 3.64. The fourth-order valence-corrected chi connectivity index (χ4v) is 1.05. The molecule has 68 valence electrons. The van der Waals surface area contributed by atoms with Crippen molar-refractivity contribution in [1.29, 1.82) is 5.26 Å². The SMILES string of the molecule is CC(C)(N)c1ccc(N)c(C#N)c1. The van der Waals surface area contributed by atoms with Gasteiger partial charge in [-0.15, -0.1) is 0 Å². The molecule has 0 spiro atoms. The van der Waals surface area contributed by atoms with Crippen LogP contribution >= 0.6 is 0 Å². The summed E-state index contributed by atoms with van der Waals surface area (Å²) < 4.78 is 0. The second-order valence-electron chi connectivity index (χ2n) is 3.64. The number of nitrogens with two attached hydrogens (primary N) is 2. The number of nitriles is 1. The molecular weight excluding hydrogens is 162 g/mol. The largest absolute Gasteiger partial charge is 0.398 e. The van der Waals surface area contributed by atoms with Crippen molar-refractivity contribution in [2.45, 2.75) is 19.4 Å². The van der Waals surface area contributed by atoms with Crippen LogP contribution in [-0.2, 0) is 5.54 Å². The van der Waals surface area contributed by atoms with Gasteiger partial charge in [0.25, 0.3) is 0 Å². The van der Waals surface area contributed by atoms with Gasteiger partial charge in [-0.25, -0.2) is 0 Å². The molecule has 1 aromatic carbocycles. The molecule has 0 heterocycles. The van der Waals surface area contributed by atoms with Gasteiger partial charge in [-0.2, -0.15) is 5.26 Å². The molecule has 0 aliphatic heterocycles. The lowest BCUT2D eigenvalue weighted by molar-refractivity contribution is 0.554. The lowest BCUT2D eigenvalue weighted by Gasteiger charge is -2.19. The first-order valence-electron chi connectivity index (χ1n) is 4.04. The number of anilines is 1. The van der Waals surface area contributed by atoms with Gasteiger partial charge in [-0.3, -0.25) is 0 Å². The van der Waals surface area contributed by atoms with E-state index >= 15 is 0 Å². The Balaban J connectivity index is 3.24. The monoisotopic (exact) mass is 175 g/mol. The minimum atomic E-state index is -0.431. The molecule has 0 bridgehead atoms. The number of hydrogen-bond donors (Lipinski definition) is 2. The molecule has 4 N–H and O–H groups in total. The van der Waals surface area contributed by atoms with Crippen molar-refractivity contribution < 1.29 is 0 Å². The zero-order chi connectivity index (χ0) is 10.1. The van der Waals surface area contributed by atoms with E-state index in [1.165, 1.54) is 0 Å². The highest BCUT2D eigenvalue weighted by Gasteiger charge is 2.14. The molecular formula is C10H13N3. The summed E-state index contributed by atoms with van der Waals surface area (Å²) in [6, 6.07) is 7.31. The highest BCUT2D eigenvalue weighted by atomic mass is 14.7. The highest BCUT2D eigenvalue weighted by Crippen LogP contribution is 2.21. The van der Waals surface area contributed by atoms with E-state index in [0.717, 1.165) is 5.56 Å². The Bertz CT molecular complexity index is 355. The first-order valence-corrected chi connectivity index (χ1v) is 4.04. The molecule has 0 aromatic heterocycles. The minimum Gasteiger partial charge on any atom is -0.398 e.